The summed E-state index contributed by atoms with van der Waals surface area (Å²) in [4.78, 5) is 4.95. The predicted octanol–water partition coefficient (Wildman–Crippen LogP) is 9.08. The van der Waals surface area contributed by atoms with Gasteiger partial charge >= 0.3 is 0 Å². The van der Waals surface area contributed by atoms with Crippen molar-refractivity contribution in [3.63, 3.8) is 0 Å². The summed E-state index contributed by atoms with van der Waals surface area (Å²) in [6, 6.07) is 52.9. The minimum atomic E-state index is 0.0917. The topological polar surface area (TPSA) is 24.6 Å². The van der Waals surface area contributed by atoms with Crippen LogP contribution in [-0.4, -0.2) is 11.3 Å². The molecule has 0 bridgehead atoms. The highest BCUT2D eigenvalue weighted by Gasteiger charge is 2.48. The van der Waals surface area contributed by atoms with E-state index in [0.29, 0.717) is 0 Å². The van der Waals surface area contributed by atoms with E-state index >= 15 is 0 Å². The molecule has 5 heteroatoms. The SMILES string of the molecule is c1ccc(N2c3cccc4c3B3c5c2cccc5-n2c5ccc6c7ccccc7oc6c5c5ccc(c3c52)N4c2ccccc2)cc1. The molecule has 9 aromatic rings. The molecule has 0 aliphatic carbocycles. The van der Waals surface area contributed by atoms with Gasteiger partial charge in [-0.3, -0.25) is 0 Å². The first-order chi connectivity index (χ1) is 23.4. The minimum Gasteiger partial charge on any atom is -0.455 e. The van der Waals surface area contributed by atoms with Crippen LogP contribution in [-0.2, 0) is 0 Å². The highest BCUT2D eigenvalue weighted by Crippen LogP contribution is 2.49. The number of hydrogen-bond donors (Lipinski definition) is 0. The molecule has 3 aliphatic heterocycles. The largest absolute Gasteiger partial charge is 0.455 e. The Bertz CT molecular complexity index is 2800. The molecule has 47 heavy (non-hydrogen) atoms. The maximum absolute atomic E-state index is 6.70. The zero-order valence-corrected chi connectivity index (χ0v) is 25.2. The Kier molecular flexibility index (Phi) is 4.27. The molecule has 0 fully saturated rings. The first-order valence-electron chi connectivity index (χ1n) is 16.2. The van der Waals surface area contributed by atoms with Crippen molar-refractivity contribution in [2.75, 3.05) is 9.80 Å². The molecule has 0 saturated carbocycles. The second-order valence-corrected chi connectivity index (χ2v) is 12.9. The van der Waals surface area contributed by atoms with Crippen LogP contribution in [0.3, 0.4) is 0 Å². The van der Waals surface area contributed by atoms with E-state index < -0.39 is 0 Å². The van der Waals surface area contributed by atoms with Gasteiger partial charge in [0.05, 0.1) is 16.4 Å². The summed E-state index contributed by atoms with van der Waals surface area (Å²) in [6.07, 6.45) is 0. The first kappa shape index (κ1) is 24.1. The van der Waals surface area contributed by atoms with Gasteiger partial charge in [0.15, 0.2) is 0 Å². The van der Waals surface area contributed by atoms with Gasteiger partial charge in [0.1, 0.15) is 11.2 Å². The van der Waals surface area contributed by atoms with Crippen molar-refractivity contribution < 1.29 is 4.42 Å². The fourth-order valence-corrected chi connectivity index (χ4v) is 8.97. The zero-order valence-electron chi connectivity index (χ0n) is 25.2. The fraction of sp³-hybridized carbons (Fsp3) is 0. The molecular formula is C42H24BN3O. The van der Waals surface area contributed by atoms with Crippen molar-refractivity contribution >= 4 is 101 Å². The molecular weight excluding hydrogens is 573 g/mol. The maximum atomic E-state index is 6.70. The Morgan fingerprint density at radius 1 is 0.426 bits per heavy atom. The van der Waals surface area contributed by atoms with Crippen molar-refractivity contribution in [1.82, 2.24) is 4.57 Å². The fourth-order valence-electron chi connectivity index (χ4n) is 8.97. The summed E-state index contributed by atoms with van der Waals surface area (Å²) in [5, 5.41) is 4.73. The molecule has 0 radical (unpaired) electrons. The van der Waals surface area contributed by atoms with Gasteiger partial charge in [-0.25, -0.2) is 0 Å². The van der Waals surface area contributed by atoms with Gasteiger partial charge in [0.2, 0.25) is 0 Å². The lowest BCUT2D eigenvalue weighted by Crippen LogP contribution is -2.64. The second kappa shape index (κ2) is 8.33. The van der Waals surface area contributed by atoms with E-state index in [0.717, 1.165) is 33.3 Å². The van der Waals surface area contributed by atoms with E-state index in [9.17, 15) is 0 Å². The van der Waals surface area contributed by atoms with Crippen LogP contribution in [0.15, 0.2) is 150 Å². The molecule has 0 spiro atoms. The lowest BCUT2D eigenvalue weighted by Gasteiger charge is -2.46. The van der Waals surface area contributed by atoms with Crippen molar-refractivity contribution in [2.24, 2.45) is 0 Å². The number of rotatable bonds is 2. The third kappa shape index (κ3) is 2.79. The number of hydrogen-bond acceptors (Lipinski definition) is 3. The van der Waals surface area contributed by atoms with Crippen LogP contribution in [0.2, 0.25) is 0 Å². The Morgan fingerprint density at radius 2 is 1.00 bits per heavy atom. The summed E-state index contributed by atoms with van der Waals surface area (Å²) >= 11 is 0. The Hall–Kier alpha value is -6.20. The van der Waals surface area contributed by atoms with Crippen LogP contribution in [0.5, 0.6) is 0 Å². The van der Waals surface area contributed by atoms with Crippen LogP contribution in [0.25, 0.3) is 49.4 Å². The average molecular weight is 597 g/mol. The number of aromatic nitrogens is 1. The summed E-state index contributed by atoms with van der Waals surface area (Å²) in [7, 11) is 0. The summed E-state index contributed by atoms with van der Waals surface area (Å²) in [5.41, 5.74) is 16.9. The third-order valence-corrected chi connectivity index (χ3v) is 10.7. The van der Waals surface area contributed by atoms with Crippen molar-refractivity contribution in [3.8, 4) is 5.69 Å². The second-order valence-electron chi connectivity index (χ2n) is 12.9. The van der Waals surface area contributed by atoms with E-state index in [2.05, 4.69) is 160 Å². The number of nitrogens with zero attached hydrogens (tertiary/aromatic N) is 3. The van der Waals surface area contributed by atoms with E-state index in [1.54, 1.807) is 0 Å². The van der Waals surface area contributed by atoms with Gasteiger partial charge in [-0.2, -0.15) is 0 Å². The summed E-state index contributed by atoms with van der Waals surface area (Å²) in [5.74, 6) is 0. The molecule has 7 aromatic carbocycles. The molecule has 5 heterocycles. The van der Waals surface area contributed by atoms with Gasteiger partial charge in [-0.1, -0.05) is 72.8 Å². The predicted molar refractivity (Wildman–Crippen MR) is 196 cm³/mol. The molecule has 216 valence electrons. The van der Waals surface area contributed by atoms with Crippen molar-refractivity contribution in [2.45, 2.75) is 0 Å². The standard InChI is InChI=1S/C42H24BN3O/c1-3-11-25(12-4-1)44-31-16-9-17-32-38(31)43-39-33(44)18-10-19-34(39)46-30-23-21-28-27-15-7-8-20-36(27)47-42(28)37(30)29-22-24-35(40(43)41(29)46)45(32)26-13-5-2-6-14-26/h1-24H. The molecule has 3 aliphatic rings. The lowest BCUT2D eigenvalue weighted by atomic mass is 9.32. The van der Waals surface area contributed by atoms with Crippen LogP contribution >= 0.6 is 0 Å². The van der Waals surface area contributed by atoms with E-state index in [-0.39, 0.29) is 6.71 Å². The quantitative estimate of drug-likeness (QED) is 0.186. The molecule has 0 saturated heterocycles. The van der Waals surface area contributed by atoms with Crippen molar-refractivity contribution in [3.05, 3.63) is 146 Å². The Balaban J connectivity index is 1.31. The highest BCUT2D eigenvalue weighted by molar-refractivity contribution is 7.02. The number of furan rings is 1. The molecule has 0 atom stereocenters. The Morgan fingerprint density at radius 3 is 1.70 bits per heavy atom. The smallest absolute Gasteiger partial charge is 0.257 e. The van der Waals surface area contributed by atoms with Gasteiger partial charge in [0, 0.05) is 56.0 Å². The molecule has 0 N–H and O–H groups in total. The third-order valence-electron chi connectivity index (χ3n) is 10.7. The normalized spacial score (nSPS) is 13.8. The molecule has 4 nitrogen and oxygen atoms in total. The Labute approximate surface area is 270 Å². The summed E-state index contributed by atoms with van der Waals surface area (Å²) < 4.78 is 9.23. The molecule has 0 unspecified atom stereocenters. The average Bonchev–Trinajstić information content (AvgIpc) is 3.68. The summed E-state index contributed by atoms with van der Waals surface area (Å²) in [6.45, 7) is 0.0917. The van der Waals surface area contributed by atoms with Gasteiger partial charge < -0.3 is 18.8 Å². The number of para-hydroxylation sites is 3. The van der Waals surface area contributed by atoms with Gasteiger partial charge in [-0.15, -0.1) is 0 Å². The first-order valence-corrected chi connectivity index (χ1v) is 16.2. The lowest BCUT2D eigenvalue weighted by molar-refractivity contribution is 0.673. The molecule has 0 amide bonds. The van der Waals surface area contributed by atoms with Crippen LogP contribution < -0.4 is 26.2 Å². The van der Waals surface area contributed by atoms with Crippen LogP contribution in [0.1, 0.15) is 0 Å². The molecule has 12 rings (SSSR count). The zero-order chi connectivity index (χ0) is 30.4. The van der Waals surface area contributed by atoms with Gasteiger partial charge in [-0.05, 0) is 89.2 Å². The van der Waals surface area contributed by atoms with Crippen LogP contribution in [0, 0.1) is 0 Å². The van der Waals surface area contributed by atoms with Crippen LogP contribution in [0.4, 0.5) is 34.1 Å². The van der Waals surface area contributed by atoms with E-state index in [4.69, 9.17) is 4.42 Å². The highest BCUT2D eigenvalue weighted by atomic mass is 16.3. The number of benzene rings is 7. The maximum Gasteiger partial charge on any atom is 0.257 e. The minimum absolute atomic E-state index is 0.0917. The van der Waals surface area contributed by atoms with Crippen molar-refractivity contribution in [1.29, 1.82) is 0 Å². The monoisotopic (exact) mass is 597 g/mol. The van der Waals surface area contributed by atoms with Gasteiger partial charge in [0.25, 0.3) is 6.71 Å². The number of anilines is 6. The van der Waals surface area contributed by atoms with E-state index in [1.165, 1.54) is 66.6 Å². The molecule has 2 aromatic heterocycles. The van der Waals surface area contributed by atoms with E-state index in [1.807, 2.05) is 0 Å². The number of fused-ring (bicyclic) bond motifs is 8.